The molecule has 140 valence electrons. The zero-order valence-corrected chi connectivity index (χ0v) is 15.6. The lowest BCUT2D eigenvalue weighted by Crippen LogP contribution is -2.53. The molecule has 2 aliphatic heterocycles. The van der Waals surface area contributed by atoms with Crippen molar-refractivity contribution in [2.45, 2.75) is 6.10 Å². The maximum Gasteiger partial charge on any atom is 0.265 e. The average Bonchev–Trinajstić information content (AvgIpc) is 3.25. The minimum absolute atomic E-state index is 0.104. The van der Waals surface area contributed by atoms with Crippen molar-refractivity contribution >= 4 is 34.9 Å². The lowest BCUT2D eigenvalue weighted by atomic mass is 10.1. The first kappa shape index (κ1) is 17.8. The van der Waals surface area contributed by atoms with Crippen LogP contribution >= 0.6 is 11.3 Å². The van der Waals surface area contributed by atoms with Gasteiger partial charge in [0.2, 0.25) is 0 Å². The monoisotopic (exact) mass is 384 g/mol. The molecule has 7 heteroatoms. The number of thiophene rings is 1. The van der Waals surface area contributed by atoms with E-state index in [1.807, 2.05) is 35.7 Å². The minimum atomic E-state index is -0.711. The van der Waals surface area contributed by atoms with Gasteiger partial charge in [-0.05, 0) is 29.7 Å². The highest BCUT2D eigenvalue weighted by Crippen LogP contribution is 2.34. The van der Waals surface area contributed by atoms with Crippen LogP contribution in [0, 0.1) is 0 Å². The molecular weight excluding hydrogens is 364 g/mol. The zero-order valence-electron chi connectivity index (χ0n) is 14.7. The van der Waals surface area contributed by atoms with E-state index in [-0.39, 0.29) is 18.4 Å². The van der Waals surface area contributed by atoms with Crippen molar-refractivity contribution in [3.8, 4) is 5.75 Å². The summed E-state index contributed by atoms with van der Waals surface area (Å²) >= 11 is 1.57. The molecule has 27 heavy (non-hydrogen) atoms. The topological polar surface area (TPSA) is 59.1 Å². The molecule has 1 aromatic heterocycles. The van der Waals surface area contributed by atoms with E-state index in [2.05, 4.69) is 0 Å². The van der Waals surface area contributed by atoms with E-state index in [4.69, 9.17) is 9.47 Å². The average molecular weight is 384 g/mol. The highest BCUT2D eigenvalue weighted by molar-refractivity contribution is 7.10. The van der Waals surface area contributed by atoms with Crippen LogP contribution in [0.2, 0.25) is 0 Å². The third kappa shape index (κ3) is 3.89. The second-order valence-corrected chi connectivity index (χ2v) is 7.29. The van der Waals surface area contributed by atoms with Gasteiger partial charge in [0.15, 0.2) is 6.10 Å². The maximum atomic E-state index is 12.9. The van der Waals surface area contributed by atoms with Crippen molar-refractivity contribution in [1.82, 2.24) is 4.90 Å². The Morgan fingerprint density at radius 3 is 2.70 bits per heavy atom. The lowest BCUT2D eigenvalue weighted by molar-refractivity contribution is -0.142. The number of benzene rings is 1. The third-order valence-electron chi connectivity index (χ3n) is 4.57. The standard InChI is InChI=1S/C20H20N2O4S/c23-19(8-7-15-4-3-13-27-15)22-14-18(20(24)21-9-11-25-12-10-21)26-17-6-2-1-5-16(17)22/h1-8,13,18H,9-12,14H2. The van der Waals surface area contributed by atoms with Crippen molar-refractivity contribution < 1.29 is 19.1 Å². The molecule has 2 aliphatic rings. The second-order valence-electron chi connectivity index (χ2n) is 6.31. The molecule has 1 saturated heterocycles. The Morgan fingerprint density at radius 1 is 1.11 bits per heavy atom. The number of hydrogen-bond acceptors (Lipinski definition) is 5. The second kappa shape index (κ2) is 7.94. The summed E-state index contributed by atoms with van der Waals surface area (Å²) in [6.45, 7) is 2.35. The molecule has 0 saturated carbocycles. The fourth-order valence-corrected chi connectivity index (χ4v) is 3.81. The van der Waals surface area contributed by atoms with E-state index in [1.54, 1.807) is 39.4 Å². The highest BCUT2D eigenvalue weighted by Gasteiger charge is 2.35. The molecule has 3 heterocycles. The molecule has 1 aromatic carbocycles. The minimum Gasteiger partial charge on any atom is -0.476 e. The van der Waals surface area contributed by atoms with Crippen LogP contribution in [0.3, 0.4) is 0 Å². The van der Waals surface area contributed by atoms with E-state index < -0.39 is 6.10 Å². The molecule has 4 rings (SSSR count). The van der Waals surface area contributed by atoms with Crippen LogP contribution in [0.1, 0.15) is 4.88 Å². The number of ether oxygens (including phenoxy) is 2. The number of rotatable bonds is 3. The van der Waals surface area contributed by atoms with Gasteiger partial charge in [0.1, 0.15) is 5.75 Å². The van der Waals surface area contributed by atoms with Gasteiger partial charge in [-0.3, -0.25) is 9.59 Å². The van der Waals surface area contributed by atoms with Gasteiger partial charge in [-0.25, -0.2) is 0 Å². The maximum absolute atomic E-state index is 12.9. The first-order valence-electron chi connectivity index (χ1n) is 8.88. The van der Waals surface area contributed by atoms with Crippen molar-refractivity contribution in [2.75, 3.05) is 37.7 Å². The summed E-state index contributed by atoms with van der Waals surface area (Å²) in [5.41, 5.74) is 0.685. The van der Waals surface area contributed by atoms with E-state index in [0.29, 0.717) is 37.7 Å². The van der Waals surface area contributed by atoms with Gasteiger partial charge < -0.3 is 19.3 Å². The number of anilines is 1. The van der Waals surface area contributed by atoms with Crippen LogP contribution in [0.25, 0.3) is 6.08 Å². The smallest absolute Gasteiger partial charge is 0.265 e. The Morgan fingerprint density at radius 2 is 1.93 bits per heavy atom. The summed E-state index contributed by atoms with van der Waals surface area (Å²) in [4.78, 5) is 30.1. The van der Waals surface area contributed by atoms with Crippen LogP contribution in [-0.4, -0.2) is 55.7 Å². The molecule has 0 spiro atoms. The quantitative estimate of drug-likeness (QED) is 0.763. The van der Waals surface area contributed by atoms with Gasteiger partial charge in [0.05, 0.1) is 25.4 Å². The number of morpholine rings is 1. The fraction of sp³-hybridized carbons (Fsp3) is 0.300. The molecule has 2 amide bonds. The van der Waals surface area contributed by atoms with Crippen molar-refractivity contribution in [3.05, 3.63) is 52.7 Å². The summed E-state index contributed by atoms with van der Waals surface area (Å²) in [7, 11) is 0. The van der Waals surface area contributed by atoms with Crippen LogP contribution in [0.15, 0.2) is 47.9 Å². The van der Waals surface area contributed by atoms with Gasteiger partial charge in [-0.15, -0.1) is 11.3 Å². The molecule has 1 atom stereocenters. The van der Waals surface area contributed by atoms with E-state index in [9.17, 15) is 9.59 Å². The van der Waals surface area contributed by atoms with E-state index >= 15 is 0 Å². The number of nitrogens with zero attached hydrogens (tertiary/aromatic N) is 2. The van der Waals surface area contributed by atoms with Gasteiger partial charge in [0.25, 0.3) is 11.8 Å². The fourth-order valence-electron chi connectivity index (χ4n) is 3.19. The molecule has 0 N–H and O–H groups in total. The zero-order chi connectivity index (χ0) is 18.6. The van der Waals surface area contributed by atoms with Gasteiger partial charge in [-0.2, -0.15) is 0 Å². The molecule has 0 aliphatic carbocycles. The van der Waals surface area contributed by atoms with Crippen LogP contribution < -0.4 is 9.64 Å². The number of carbonyl (C=O) groups excluding carboxylic acids is 2. The summed E-state index contributed by atoms with van der Waals surface area (Å²) in [6.07, 6.45) is 2.63. The van der Waals surface area contributed by atoms with Gasteiger partial charge in [0, 0.05) is 24.0 Å². The summed E-state index contributed by atoms with van der Waals surface area (Å²) in [6, 6.07) is 11.2. The molecule has 2 aromatic rings. The summed E-state index contributed by atoms with van der Waals surface area (Å²) < 4.78 is 11.2. The molecule has 6 nitrogen and oxygen atoms in total. The number of carbonyl (C=O) groups is 2. The predicted octanol–water partition coefficient (Wildman–Crippen LogP) is 2.41. The van der Waals surface area contributed by atoms with Crippen molar-refractivity contribution in [2.24, 2.45) is 0 Å². The van der Waals surface area contributed by atoms with Crippen molar-refractivity contribution in [3.63, 3.8) is 0 Å². The Labute approximate surface area is 161 Å². The third-order valence-corrected chi connectivity index (χ3v) is 5.41. The van der Waals surface area contributed by atoms with Gasteiger partial charge >= 0.3 is 0 Å². The molecule has 0 bridgehead atoms. The number of para-hydroxylation sites is 2. The van der Waals surface area contributed by atoms with E-state index in [1.165, 1.54) is 0 Å². The van der Waals surface area contributed by atoms with Gasteiger partial charge in [-0.1, -0.05) is 18.2 Å². The van der Waals surface area contributed by atoms with Crippen LogP contribution in [-0.2, 0) is 14.3 Å². The summed E-state index contributed by atoms with van der Waals surface area (Å²) in [5, 5.41) is 1.96. The van der Waals surface area contributed by atoms with Crippen LogP contribution in [0.4, 0.5) is 5.69 Å². The Hall–Kier alpha value is -2.64. The first-order valence-corrected chi connectivity index (χ1v) is 9.75. The number of amides is 2. The largest absolute Gasteiger partial charge is 0.476 e. The van der Waals surface area contributed by atoms with Crippen LogP contribution in [0.5, 0.6) is 5.75 Å². The summed E-state index contributed by atoms with van der Waals surface area (Å²) in [5.74, 6) is 0.278. The number of fused-ring (bicyclic) bond motifs is 1. The first-order chi connectivity index (χ1) is 13.2. The number of hydrogen-bond donors (Lipinski definition) is 0. The lowest BCUT2D eigenvalue weighted by Gasteiger charge is -2.37. The molecule has 1 unspecified atom stereocenters. The molecule has 0 radical (unpaired) electrons. The normalized spacial score (nSPS) is 19.6. The Bertz CT molecular complexity index is 843. The SMILES string of the molecule is O=C(C1CN(C(=O)C=Cc2cccs2)c2ccccc2O1)N1CCOCC1. The van der Waals surface area contributed by atoms with Crippen molar-refractivity contribution in [1.29, 1.82) is 0 Å². The highest BCUT2D eigenvalue weighted by atomic mass is 32.1. The predicted molar refractivity (Wildman–Crippen MR) is 104 cm³/mol. The Kier molecular flexibility index (Phi) is 5.22. The van der Waals surface area contributed by atoms with E-state index in [0.717, 1.165) is 4.88 Å². The molecule has 1 fully saturated rings. The Balaban J connectivity index is 1.56. The molecular formula is C20H20N2O4S.